The molecule has 0 spiro atoms. The zero-order valence-corrected chi connectivity index (χ0v) is 12.9. The summed E-state index contributed by atoms with van der Waals surface area (Å²) in [5, 5.41) is 6.16. The largest absolute Gasteiger partial charge is 0.384 e. The Morgan fingerprint density at radius 3 is 2.19 bits per heavy atom. The second-order valence-corrected chi connectivity index (χ2v) is 5.01. The van der Waals surface area contributed by atoms with Crippen LogP contribution in [0.25, 0.3) is 0 Å². The molecule has 0 saturated heterocycles. The molecule has 0 atom stereocenters. The van der Waals surface area contributed by atoms with E-state index in [0.29, 0.717) is 44.0 Å². The number of rotatable bonds is 9. The summed E-state index contributed by atoms with van der Waals surface area (Å²) in [5.41, 5.74) is 1.07. The van der Waals surface area contributed by atoms with Crippen LogP contribution in [0.2, 0.25) is 5.02 Å². The van der Waals surface area contributed by atoms with E-state index in [1.165, 1.54) is 0 Å². The van der Waals surface area contributed by atoms with Crippen LogP contribution in [0, 0.1) is 0 Å². The molecule has 0 radical (unpaired) electrons. The van der Waals surface area contributed by atoms with Crippen molar-refractivity contribution in [1.29, 1.82) is 0 Å². The molecule has 1 rings (SSSR count). The number of nitrogens with one attached hydrogen (secondary N) is 2. The normalized spacial score (nSPS) is 10.2. The molecule has 0 aliphatic rings. The summed E-state index contributed by atoms with van der Waals surface area (Å²) in [7, 11) is 1.55. The van der Waals surface area contributed by atoms with E-state index in [9.17, 15) is 9.59 Å². The number of methoxy groups -OCH3 is 1. The minimum absolute atomic E-state index is 0.0314. The summed E-state index contributed by atoms with van der Waals surface area (Å²) in [6, 6.07) is 7.44. The molecule has 21 heavy (non-hydrogen) atoms. The van der Waals surface area contributed by atoms with E-state index in [1.807, 2.05) is 24.3 Å². The first-order chi connectivity index (χ1) is 10.1. The lowest BCUT2D eigenvalue weighted by Gasteiger charge is -2.07. The van der Waals surface area contributed by atoms with Gasteiger partial charge in [-0.3, -0.25) is 9.59 Å². The van der Waals surface area contributed by atoms with Gasteiger partial charge in [-0.25, -0.2) is 0 Å². The molecule has 2 N–H and O–H groups in total. The average molecular weight is 313 g/mol. The zero-order chi connectivity index (χ0) is 15.5. The molecular weight excluding hydrogens is 292 g/mol. The Labute approximate surface area is 130 Å². The molecule has 0 fully saturated rings. The first-order valence-corrected chi connectivity index (χ1v) is 7.26. The van der Waals surface area contributed by atoms with E-state index < -0.39 is 0 Å². The van der Waals surface area contributed by atoms with Crippen molar-refractivity contribution in [2.75, 3.05) is 26.8 Å². The van der Waals surface area contributed by atoms with Crippen molar-refractivity contribution in [3.8, 4) is 0 Å². The van der Waals surface area contributed by atoms with E-state index in [1.54, 1.807) is 7.11 Å². The number of hydrogen-bond acceptors (Lipinski definition) is 3. The molecule has 0 aliphatic heterocycles. The monoisotopic (exact) mass is 312 g/mol. The van der Waals surface area contributed by atoms with Gasteiger partial charge >= 0.3 is 0 Å². The lowest BCUT2D eigenvalue weighted by molar-refractivity contribution is -0.123. The second-order valence-electron chi connectivity index (χ2n) is 4.57. The fraction of sp³-hybridized carbons (Fsp3) is 0.467. The Morgan fingerprint density at radius 1 is 1.05 bits per heavy atom. The molecule has 0 bridgehead atoms. The van der Waals surface area contributed by atoms with Crippen molar-refractivity contribution >= 4 is 23.4 Å². The highest BCUT2D eigenvalue weighted by atomic mass is 35.5. The molecule has 0 aliphatic carbocycles. The maximum Gasteiger partial charge on any atom is 0.222 e. The van der Waals surface area contributed by atoms with Crippen molar-refractivity contribution in [3.05, 3.63) is 34.9 Å². The second kappa shape index (κ2) is 10.2. The Balaban J connectivity index is 2.08. The molecule has 0 heterocycles. The SMILES string of the molecule is COCCC(=O)NCCNC(=O)CCc1ccc(Cl)cc1. The molecular formula is C15H21ClN2O3. The number of halogens is 1. The van der Waals surface area contributed by atoms with Gasteiger partial charge in [-0.1, -0.05) is 23.7 Å². The predicted octanol–water partition coefficient (Wildman–Crippen LogP) is 1.54. The minimum atomic E-state index is -0.0766. The fourth-order valence-corrected chi connectivity index (χ4v) is 1.81. The Bertz CT molecular complexity index is 449. The summed E-state index contributed by atoms with van der Waals surface area (Å²) in [4.78, 5) is 22.9. The first kappa shape index (κ1) is 17.5. The average Bonchev–Trinajstić information content (AvgIpc) is 2.49. The van der Waals surface area contributed by atoms with Gasteiger partial charge in [0.15, 0.2) is 0 Å². The highest BCUT2D eigenvalue weighted by Crippen LogP contribution is 2.10. The highest BCUT2D eigenvalue weighted by molar-refractivity contribution is 6.30. The van der Waals surface area contributed by atoms with Gasteiger partial charge in [0.05, 0.1) is 6.61 Å². The van der Waals surface area contributed by atoms with Crippen LogP contribution in [-0.2, 0) is 20.7 Å². The molecule has 0 aromatic heterocycles. The minimum Gasteiger partial charge on any atom is -0.384 e. The first-order valence-electron chi connectivity index (χ1n) is 6.88. The van der Waals surface area contributed by atoms with E-state index in [4.69, 9.17) is 16.3 Å². The van der Waals surface area contributed by atoms with Crippen molar-refractivity contribution in [1.82, 2.24) is 10.6 Å². The molecule has 0 saturated carbocycles. The van der Waals surface area contributed by atoms with Crippen LogP contribution in [-0.4, -0.2) is 38.6 Å². The quantitative estimate of drug-likeness (QED) is 0.680. The Kier molecular flexibility index (Phi) is 8.47. The van der Waals surface area contributed by atoms with Crippen molar-refractivity contribution in [2.24, 2.45) is 0 Å². The Hall–Kier alpha value is -1.59. The molecule has 2 amide bonds. The third kappa shape index (κ3) is 8.32. The molecule has 5 nitrogen and oxygen atoms in total. The highest BCUT2D eigenvalue weighted by Gasteiger charge is 2.03. The number of benzene rings is 1. The molecule has 116 valence electrons. The lowest BCUT2D eigenvalue weighted by atomic mass is 10.1. The summed E-state index contributed by atoms with van der Waals surface area (Å²) in [6.07, 6.45) is 1.42. The molecule has 0 unspecified atom stereocenters. The van der Waals surface area contributed by atoms with Crippen LogP contribution in [0.1, 0.15) is 18.4 Å². The van der Waals surface area contributed by atoms with E-state index in [-0.39, 0.29) is 11.8 Å². The third-order valence-electron chi connectivity index (χ3n) is 2.86. The number of carbonyl (C=O) groups is 2. The van der Waals surface area contributed by atoms with Gasteiger partial charge in [0.25, 0.3) is 0 Å². The molecule has 1 aromatic rings. The third-order valence-corrected chi connectivity index (χ3v) is 3.11. The van der Waals surface area contributed by atoms with Gasteiger partial charge in [-0.15, -0.1) is 0 Å². The zero-order valence-electron chi connectivity index (χ0n) is 12.2. The van der Waals surface area contributed by atoms with Gasteiger partial charge in [-0.05, 0) is 24.1 Å². The number of carbonyl (C=O) groups excluding carboxylic acids is 2. The topological polar surface area (TPSA) is 67.4 Å². The van der Waals surface area contributed by atoms with E-state index in [2.05, 4.69) is 10.6 Å². The number of ether oxygens (including phenoxy) is 1. The number of aryl methyl sites for hydroxylation is 1. The summed E-state index contributed by atoms with van der Waals surface area (Å²) in [6.45, 7) is 1.26. The number of amides is 2. The van der Waals surface area contributed by atoms with Gasteiger partial charge in [0.1, 0.15) is 0 Å². The standard InChI is InChI=1S/C15H21ClN2O3/c1-21-11-8-15(20)18-10-9-17-14(19)7-4-12-2-5-13(16)6-3-12/h2-3,5-6H,4,7-11H2,1H3,(H,17,19)(H,18,20). The molecule has 1 aromatic carbocycles. The van der Waals surface area contributed by atoms with Crippen LogP contribution in [0.4, 0.5) is 0 Å². The van der Waals surface area contributed by atoms with E-state index >= 15 is 0 Å². The van der Waals surface area contributed by atoms with Crippen LogP contribution < -0.4 is 10.6 Å². The van der Waals surface area contributed by atoms with Crippen LogP contribution in [0.3, 0.4) is 0 Å². The lowest BCUT2D eigenvalue weighted by Crippen LogP contribution is -2.35. The summed E-state index contributed by atoms with van der Waals surface area (Å²) < 4.78 is 4.80. The maximum absolute atomic E-state index is 11.6. The van der Waals surface area contributed by atoms with Crippen molar-refractivity contribution < 1.29 is 14.3 Å². The summed E-state index contributed by atoms with van der Waals surface area (Å²) >= 11 is 5.79. The van der Waals surface area contributed by atoms with Gasteiger partial charge in [0, 0.05) is 38.1 Å². The van der Waals surface area contributed by atoms with Gasteiger partial charge in [0.2, 0.25) is 11.8 Å². The van der Waals surface area contributed by atoms with Crippen LogP contribution in [0.15, 0.2) is 24.3 Å². The van der Waals surface area contributed by atoms with E-state index in [0.717, 1.165) is 5.56 Å². The van der Waals surface area contributed by atoms with Gasteiger partial charge in [-0.2, -0.15) is 0 Å². The Morgan fingerprint density at radius 2 is 1.62 bits per heavy atom. The molecule has 6 heteroatoms. The van der Waals surface area contributed by atoms with Crippen LogP contribution >= 0.6 is 11.6 Å². The predicted molar refractivity (Wildman–Crippen MR) is 82.3 cm³/mol. The van der Waals surface area contributed by atoms with Gasteiger partial charge < -0.3 is 15.4 Å². The fourth-order valence-electron chi connectivity index (χ4n) is 1.68. The number of hydrogen-bond donors (Lipinski definition) is 2. The smallest absolute Gasteiger partial charge is 0.222 e. The summed E-state index contributed by atoms with van der Waals surface area (Å²) in [5.74, 6) is -0.108. The van der Waals surface area contributed by atoms with Crippen molar-refractivity contribution in [3.63, 3.8) is 0 Å². The van der Waals surface area contributed by atoms with Crippen LogP contribution in [0.5, 0.6) is 0 Å². The maximum atomic E-state index is 11.6. The van der Waals surface area contributed by atoms with Crippen molar-refractivity contribution in [2.45, 2.75) is 19.3 Å².